The van der Waals surface area contributed by atoms with E-state index >= 15 is 0 Å². The number of nitrogens with one attached hydrogen (secondary N) is 1. The van der Waals surface area contributed by atoms with E-state index < -0.39 is 12.0 Å². The van der Waals surface area contributed by atoms with Crippen LogP contribution in [0.15, 0.2) is 0 Å². The van der Waals surface area contributed by atoms with Gasteiger partial charge in [0.1, 0.15) is 0 Å². The van der Waals surface area contributed by atoms with Crippen molar-refractivity contribution >= 4 is 0 Å². The van der Waals surface area contributed by atoms with Crippen LogP contribution in [0.25, 0.3) is 0 Å². The second-order valence-electron chi connectivity index (χ2n) is 2.71. The third-order valence-electron chi connectivity index (χ3n) is 1.88. The Balaban J connectivity index is 3.88. The highest BCUT2D eigenvalue weighted by Crippen LogP contribution is 2.18. The lowest BCUT2D eigenvalue weighted by Gasteiger charge is -2.27. The van der Waals surface area contributed by atoms with Crippen molar-refractivity contribution < 1.29 is 13.5 Å². The van der Waals surface area contributed by atoms with Crippen LogP contribution in [0.1, 0.15) is 13.3 Å². The zero-order chi connectivity index (χ0) is 8.91. The Labute approximate surface area is 65.9 Å². The molecule has 0 amide bonds. The van der Waals surface area contributed by atoms with Crippen molar-refractivity contribution in [2.45, 2.75) is 25.3 Å². The van der Waals surface area contributed by atoms with E-state index in [4.69, 9.17) is 4.74 Å². The molecule has 0 aliphatic rings. The summed E-state index contributed by atoms with van der Waals surface area (Å²) in [5.41, 5.74) is -1.12. The van der Waals surface area contributed by atoms with Crippen molar-refractivity contribution in [1.29, 1.82) is 0 Å². The van der Waals surface area contributed by atoms with Gasteiger partial charge in [0.15, 0.2) is 0 Å². The summed E-state index contributed by atoms with van der Waals surface area (Å²) >= 11 is 0. The Kier molecular flexibility index (Phi) is 4.52. The van der Waals surface area contributed by atoms with Crippen molar-refractivity contribution in [3.8, 4) is 0 Å². The lowest BCUT2D eigenvalue weighted by Crippen LogP contribution is -2.47. The predicted octanol–water partition coefficient (Wildman–Crippen LogP) is 1.27. The van der Waals surface area contributed by atoms with Crippen LogP contribution in [0, 0.1) is 0 Å². The molecular weight excluding hydrogens is 152 g/mol. The van der Waals surface area contributed by atoms with Gasteiger partial charge in [-0.2, -0.15) is 0 Å². The quantitative estimate of drug-likeness (QED) is 0.665. The molecule has 0 aliphatic carbocycles. The third kappa shape index (κ3) is 3.12. The summed E-state index contributed by atoms with van der Waals surface area (Å²) in [6.07, 6.45) is -2.04. The minimum Gasteiger partial charge on any atom is -0.385 e. The van der Waals surface area contributed by atoms with Gasteiger partial charge in [0, 0.05) is 13.7 Å². The maximum Gasteiger partial charge on any atom is 0.256 e. The zero-order valence-electron chi connectivity index (χ0n) is 7.16. The molecule has 0 radical (unpaired) electrons. The number of rotatable bonds is 5. The van der Waals surface area contributed by atoms with E-state index in [1.54, 1.807) is 0 Å². The summed E-state index contributed by atoms with van der Waals surface area (Å²) in [6, 6.07) is 0. The number of alkyl halides is 2. The van der Waals surface area contributed by atoms with Gasteiger partial charge in [-0.15, -0.1) is 0 Å². The minimum absolute atomic E-state index is 0.317. The second-order valence-corrected chi connectivity index (χ2v) is 2.71. The van der Waals surface area contributed by atoms with Crippen molar-refractivity contribution in [1.82, 2.24) is 5.32 Å². The molecule has 0 heterocycles. The number of hydrogen-bond donors (Lipinski definition) is 1. The highest BCUT2D eigenvalue weighted by Gasteiger charge is 2.32. The van der Waals surface area contributed by atoms with Crippen molar-refractivity contribution in [2.75, 3.05) is 20.8 Å². The number of halogens is 2. The van der Waals surface area contributed by atoms with Crippen LogP contribution in [0.2, 0.25) is 0 Å². The first-order chi connectivity index (χ1) is 5.06. The summed E-state index contributed by atoms with van der Waals surface area (Å²) in [7, 11) is 3.03. The van der Waals surface area contributed by atoms with Crippen LogP contribution < -0.4 is 5.32 Å². The maximum atomic E-state index is 12.3. The highest BCUT2D eigenvalue weighted by atomic mass is 19.3. The van der Waals surface area contributed by atoms with Gasteiger partial charge >= 0.3 is 0 Å². The predicted molar refractivity (Wildman–Crippen MR) is 40.0 cm³/mol. The first-order valence-corrected chi connectivity index (χ1v) is 3.53. The monoisotopic (exact) mass is 167 g/mol. The molecule has 4 heteroatoms. The van der Waals surface area contributed by atoms with Crippen molar-refractivity contribution in [2.24, 2.45) is 0 Å². The fourth-order valence-electron chi connectivity index (χ4n) is 0.657. The number of hydrogen-bond acceptors (Lipinski definition) is 2. The van der Waals surface area contributed by atoms with Crippen LogP contribution >= 0.6 is 0 Å². The topological polar surface area (TPSA) is 21.3 Å². The average molecular weight is 167 g/mol. The molecule has 0 aromatic heterocycles. The molecule has 0 aliphatic heterocycles. The molecule has 1 N–H and O–H groups in total. The van der Waals surface area contributed by atoms with Gasteiger partial charge in [0.25, 0.3) is 6.43 Å². The first kappa shape index (κ1) is 10.8. The lowest BCUT2D eigenvalue weighted by molar-refractivity contribution is 0.0243. The van der Waals surface area contributed by atoms with E-state index in [9.17, 15) is 8.78 Å². The van der Waals surface area contributed by atoms with Crippen LogP contribution in [0.5, 0.6) is 0 Å². The normalized spacial score (nSPS) is 16.9. The summed E-state index contributed by atoms with van der Waals surface area (Å²) in [6.45, 7) is 1.83. The molecule has 68 valence electrons. The van der Waals surface area contributed by atoms with Crippen LogP contribution in [-0.4, -0.2) is 32.7 Å². The van der Waals surface area contributed by atoms with E-state index in [1.165, 1.54) is 21.1 Å². The van der Waals surface area contributed by atoms with Gasteiger partial charge in [-0.1, -0.05) is 0 Å². The second kappa shape index (κ2) is 4.62. The highest BCUT2D eigenvalue weighted by molar-refractivity contribution is 4.83. The molecule has 0 bridgehead atoms. The smallest absolute Gasteiger partial charge is 0.256 e. The van der Waals surface area contributed by atoms with Crippen molar-refractivity contribution in [3.63, 3.8) is 0 Å². The maximum absolute atomic E-state index is 12.3. The van der Waals surface area contributed by atoms with E-state index in [0.29, 0.717) is 13.0 Å². The summed E-state index contributed by atoms with van der Waals surface area (Å²) in [5, 5.41) is 2.58. The Morgan fingerprint density at radius 3 is 2.36 bits per heavy atom. The average Bonchev–Trinajstić information content (AvgIpc) is 2.00. The molecule has 2 nitrogen and oxygen atoms in total. The summed E-state index contributed by atoms with van der Waals surface area (Å²) < 4.78 is 29.3. The molecule has 0 rings (SSSR count). The SMILES string of the molecule is CNC(C)(CCOC)C(F)F. The lowest BCUT2D eigenvalue weighted by atomic mass is 10.00. The molecule has 0 saturated carbocycles. The van der Waals surface area contributed by atoms with Crippen LogP contribution in [0.3, 0.4) is 0 Å². The summed E-state index contributed by atoms with van der Waals surface area (Å²) in [5.74, 6) is 0. The van der Waals surface area contributed by atoms with Gasteiger partial charge in [0.05, 0.1) is 5.54 Å². The van der Waals surface area contributed by atoms with E-state index in [1.807, 2.05) is 0 Å². The third-order valence-corrected chi connectivity index (χ3v) is 1.88. The molecule has 11 heavy (non-hydrogen) atoms. The fourth-order valence-corrected chi connectivity index (χ4v) is 0.657. The molecule has 0 saturated heterocycles. The van der Waals surface area contributed by atoms with Gasteiger partial charge < -0.3 is 10.1 Å². The van der Waals surface area contributed by atoms with E-state index in [2.05, 4.69) is 5.32 Å². The number of methoxy groups -OCH3 is 1. The van der Waals surface area contributed by atoms with E-state index in [-0.39, 0.29) is 0 Å². The summed E-state index contributed by atoms with van der Waals surface area (Å²) in [4.78, 5) is 0. The first-order valence-electron chi connectivity index (χ1n) is 3.53. The van der Waals surface area contributed by atoms with Crippen LogP contribution in [0.4, 0.5) is 8.78 Å². The standard InChI is InChI=1S/C7H15F2NO/c1-7(10-2,6(8)9)4-5-11-3/h6,10H,4-5H2,1-3H3. The van der Waals surface area contributed by atoms with E-state index in [0.717, 1.165) is 0 Å². The Hall–Kier alpha value is -0.220. The molecular formula is C7H15F2NO. The number of ether oxygens (including phenoxy) is 1. The zero-order valence-corrected chi connectivity index (χ0v) is 7.16. The van der Waals surface area contributed by atoms with Gasteiger partial charge in [-0.25, -0.2) is 8.78 Å². The Bertz CT molecular complexity index is 111. The van der Waals surface area contributed by atoms with Gasteiger partial charge in [0.2, 0.25) is 0 Å². The van der Waals surface area contributed by atoms with Gasteiger partial charge in [-0.3, -0.25) is 0 Å². The largest absolute Gasteiger partial charge is 0.385 e. The minimum atomic E-state index is -2.36. The molecule has 0 aromatic rings. The Morgan fingerprint density at radius 2 is 2.09 bits per heavy atom. The van der Waals surface area contributed by atoms with Crippen LogP contribution in [-0.2, 0) is 4.74 Å². The molecule has 1 unspecified atom stereocenters. The van der Waals surface area contributed by atoms with Crippen molar-refractivity contribution in [3.05, 3.63) is 0 Å². The molecule has 0 spiro atoms. The molecule has 0 fully saturated rings. The Morgan fingerprint density at radius 1 is 1.55 bits per heavy atom. The molecule has 0 aromatic carbocycles. The van der Waals surface area contributed by atoms with Gasteiger partial charge in [-0.05, 0) is 20.4 Å². The fraction of sp³-hybridized carbons (Fsp3) is 1.00. The molecule has 1 atom stereocenters.